The minimum absolute atomic E-state index is 0.000156. The maximum Gasteiger partial charge on any atom is 0.220 e. The SMILES string of the molecule is O=C(CCC(c1ccc(F)cc1)c1ccc(F)cc1)NC1CCN(CCO)CC1. The van der Waals surface area contributed by atoms with Gasteiger partial charge in [0.2, 0.25) is 5.91 Å². The van der Waals surface area contributed by atoms with Crippen LogP contribution in [0.4, 0.5) is 8.78 Å². The lowest BCUT2D eigenvalue weighted by atomic mass is 9.87. The molecule has 29 heavy (non-hydrogen) atoms. The Morgan fingerprint density at radius 1 is 1.00 bits per heavy atom. The fourth-order valence-electron chi connectivity index (χ4n) is 3.93. The summed E-state index contributed by atoms with van der Waals surface area (Å²) in [5.74, 6) is -0.720. The van der Waals surface area contributed by atoms with E-state index in [9.17, 15) is 13.6 Å². The van der Waals surface area contributed by atoms with Crippen molar-refractivity contribution in [3.05, 3.63) is 71.3 Å². The number of β-amino-alcohol motifs (C(OH)–C–C–N with tert-alkyl or cyclic N) is 1. The van der Waals surface area contributed by atoms with E-state index in [1.807, 2.05) is 0 Å². The molecule has 0 radical (unpaired) electrons. The van der Waals surface area contributed by atoms with Gasteiger partial charge in [0.1, 0.15) is 11.6 Å². The summed E-state index contributed by atoms with van der Waals surface area (Å²) in [6.45, 7) is 2.58. The molecule has 2 aromatic rings. The topological polar surface area (TPSA) is 52.6 Å². The number of nitrogens with one attached hydrogen (secondary N) is 1. The molecule has 3 rings (SSSR count). The maximum atomic E-state index is 13.3. The van der Waals surface area contributed by atoms with Gasteiger partial charge in [0.05, 0.1) is 6.61 Å². The largest absolute Gasteiger partial charge is 0.395 e. The van der Waals surface area contributed by atoms with Gasteiger partial charge in [-0.05, 0) is 54.7 Å². The number of carbonyl (C=O) groups is 1. The number of amides is 1. The lowest BCUT2D eigenvalue weighted by molar-refractivity contribution is -0.122. The molecule has 1 aliphatic heterocycles. The van der Waals surface area contributed by atoms with Crippen LogP contribution in [0.2, 0.25) is 0 Å². The predicted octanol–water partition coefficient (Wildman–Crippen LogP) is 3.45. The highest BCUT2D eigenvalue weighted by atomic mass is 19.1. The third-order valence-electron chi connectivity index (χ3n) is 5.57. The number of likely N-dealkylation sites (tertiary alicyclic amines) is 1. The Bertz CT molecular complexity index is 727. The van der Waals surface area contributed by atoms with Crippen LogP contribution in [0.3, 0.4) is 0 Å². The molecule has 156 valence electrons. The molecule has 0 aliphatic carbocycles. The number of halogens is 2. The zero-order valence-corrected chi connectivity index (χ0v) is 16.5. The molecule has 4 nitrogen and oxygen atoms in total. The number of aliphatic hydroxyl groups is 1. The predicted molar refractivity (Wildman–Crippen MR) is 109 cm³/mol. The quantitative estimate of drug-likeness (QED) is 0.711. The molecule has 1 fully saturated rings. The van der Waals surface area contributed by atoms with Crippen molar-refractivity contribution in [3.63, 3.8) is 0 Å². The molecular formula is C23H28F2N2O2. The maximum absolute atomic E-state index is 13.3. The Balaban J connectivity index is 1.59. The molecule has 0 bridgehead atoms. The van der Waals surface area contributed by atoms with Gasteiger partial charge in [-0.1, -0.05) is 24.3 Å². The van der Waals surface area contributed by atoms with E-state index in [0.29, 0.717) is 19.4 Å². The Morgan fingerprint density at radius 2 is 1.52 bits per heavy atom. The van der Waals surface area contributed by atoms with Crippen LogP contribution in [0.15, 0.2) is 48.5 Å². The lowest BCUT2D eigenvalue weighted by Gasteiger charge is -2.32. The van der Waals surface area contributed by atoms with Gasteiger partial charge < -0.3 is 15.3 Å². The summed E-state index contributed by atoms with van der Waals surface area (Å²) < 4.78 is 26.6. The van der Waals surface area contributed by atoms with E-state index in [0.717, 1.165) is 37.1 Å². The second-order valence-corrected chi connectivity index (χ2v) is 7.60. The first-order valence-corrected chi connectivity index (χ1v) is 10.2. The average molecular weight is 402 g/mol. The minimum atomic E-state index is -0.308. The molecule has 6 heteroatoms. The van der Waals surface area contributed by atoms with E-state index < -0.39 is 0 Å². The second-order valence-electron chi connectivity index (χ2n) is 7.60. The van der Waals surface area contributed by atoms with Crippen molar-refractivity contribution in [3.8, 4) is 0 Å². The van der Waals surface area contributed by atoms with Crippen LogP contribution in [0.25, 0.3) is 0 Å². The summed E-state index contributed by atoms with van der Waals surface area (Å²) in [7, 11) is 0. The highest BCUT2D eigenvalue weighted by Crippen LogP contribution is 2.29. The van der Waals surface area contributed by atoms with Crippen molar-refractivity contribution in [2.75, 3.05) is 26.2 Å². The Morgan fingerprint density at radius 3 is 2.00 bits per heavy atom. The van der Waals surface area contributed by atoms with Crippen LogP contribution in [-0.2, 0) is 4.79 Å². The number of aliphatic hydroxyl groups excluding tert-OH is 1. The van der Waals surface area contributed by atoms with Crippen LogP contribution < -0.4 is 5.32 Å². The van der Waals surface area contributed by atoms with E-state index in [4.69, 9.17) is 5.11 Å². The number of benzene rings is 2. The van der Waals surface area contributed by atoms with E-state index in [2.05, 4.69) is 10.2 Å². The average Bonchev–Trinajstić information content (AvgIpc) is 2.72. The molecule has 1 saturated heterocycles. The summed E-state index contributed by atoms with van der Waals surface area (Å²) in [4.78, 5) is 14.7. The molecule has 2 aromatic carbocycles. The van der Waals surface area contributed by atoms with Gasteiger partial charge in [-0.2, -0.15) is 0 Å². The minimum Gasteiger partial charge on any atom is -0.395 e. The van der Waals surface area contributed by atoms with Crippen molar-refractivity contribution in [1.82, 2.24) is 10.2 Å². The van der Waals surface area contributed by atoms with Crippen molar-refractivity contribution in [2.24, 2.45) is 0 Å². The third-order valence-corrected chi connectivity index (χ3v) is 5.57. The van der Waals surface area contributed by atoms with Gasteiger partial charge >= 0.3 is 0 Å². The molecular weight excluding hydrogens is 374 g/mol. The number of carbonyl (C=O) groups excluding carboxylic acids is 1. The highest BCUT2D eigenvalue weighted by molar-refractivity contribution is 5.76. The normalized spacial score (nSPS) is 15.6. The van der Waals surface area contributed by atoms with Crippen LogP contribution in [-0.4, -0.2) is 48.2 Å². The lowest BCUT2D eigenvalue weighted by Crippen LogP contribution is -2.45. The van der Waals surface area contributed by atoms with Crippen molar-refractivity contribution < 1.29 is 18.7 Å². The molecule has 0 saturated carbocycles. The molecule has 1 aliphatic rings. The Kier molecular flexibility index (Phi) is 7.72. The molecule has 1 amide bonds. The number of rotatable bonds is 8. The van der Waals surface area contributed by atoms with E-state index in [-0.39, 0.29) is 36.1 Å². The van der Waals surface area contributed by atoms with Crippen molar-refractivity contribution >= 4 is 5.91 Å². The first-order valence-electron chi connectivity index (χ1n) is 10.2. The first kappa shape index (κ1) is 21.4. The zero-order chi connectivity index (χ0) is 20.6. The summed E-state index contributed by atoms with van der Waals surface area (Å²) in [6.07, 6.45) is 2.67. The molecule has 1 heterocycles. The van der Waals surface area contributed by atoms with Gasteiger partial charge in [0.25, 0.3) is 0 Å². The fourth-order valence-corrected chi connectivity index (χ4v) is 3.93. The number of nitrogens with zero attached hydrogens (tertiary/aromatic N) is 1. The number of hydrogen-bond donors (Lipinski definition) is 2. The molecule has 2 N–H and O–H groups in total. The Hall–Kier alpha value is -2.31. The molecule has 0 spiro atoms. The highest BCUT2D eigenvalue weighted by Gasteiger charge is 2.21. The first-order chi connectivity index (χ1) is 14.0. The molecule has 0 atom stereocenters. The summed E-state index contributed by atoms with van der Waals surface area (Å²) in [5, 5.41) is 12.1. The van der Waals surface area contributed by atoms with Gasteiger partial charge in [-0.3, -0.25) is 4.79 Å². The van der Waals surface area contributed by atoms with E-state index in [1.165, 1.54) is 24.3 Å². The van der Waals surface area contributed by atoms with Gasteiger partial charge in [0, 0.05) is 38.0 Å². The molecule has 0 aromatic heterocycles. The number of hydrogen-bond acceptors (Lipinski definition) is 3. The third kappa shape index (κ3) is 6.34. The van der Waals surface area contributed by atoms with Gasteiger partial charge in [-0.25, -0.2) is 8.78 Å². The van der Waals surface area contributed by atoms with Crippen molar-refractivity contribution in [1.29, 1.82) is 0 Å². The smallest absolute Gasteiger partial charge is 0.220 e. The van der Waals surface area contributed by atoms with Crippen LogP contribution >= 0.6 is 0 Å². The van der Waals surface area contributed by atoms with Crippen LogP contribution in [0.1, 0.15) is 42.7 Å². The fraction of sp³-hybridized carbons (Fsp3) is 0.435. The van der Waals surface area contributed by atoms with E-state index >= 15 is 0 Å². The van der Waals surface area contributed by atoms with E-state index in [1.54, 1.807) is 24.3 Å². The zero-order valence-electron chi connectivity index (χ0n) is 16.5. The van der Waals surface area contributed by atoms with Crippen LogP contribution in [0, 0.1) is 11.6 Å². The molecule has 0 unspecified atom stereocenters. The number of piperidine rings is 1. The second kappa shape index (κ2) is 10.5. The summed E-state index contributed by atoms with van der Waals surface area (Å²) >= 11 is 0. The van der Waals surface area contributed by atoms with Gasteiger partial charge in [-0.15, -0.1) is 0 Å². The summed E-state index contributed by atoms with van der Waals surface area (Å²) in [6, 6.07) is 12.7. The van der Waals surface area contributed by atoms with Crippen LogP contribution in [0.5, 0.6) is 0 Å². The standard InChI is InChI=1S/C23H28F2N2O2/c24-19-5-1-17(2-6-19)22(18-3-7-20(25)8-4-18)9-10-23(29)26-21-11-13-27(14-12-21)15-16-28/h1-8,21-22,28H,9-16H2,(H,26,29). The monoisotopic (exact) mass is 402 g/mol. The van der Waals surface area contributed by atoms with Gasteiger partial charge in [0.15, 0.2) is 0 Å². The van der Waals surface area contributed by atoms with Crippen molar-refractivity contribution in [2.45, 2.75) is 37.6 Å². The Labute approximate surface area is 170 Å². The summed E-state index contributed by atoms with van der Waals surface area (Å²) in [5.41, 5.74) is 1.81.